The second-order valence-electron chi connectivity index (χ2n) is 3.90. The fraction of sp³-hybridized carbons (Fsp3) is 0.364. The molecule has 1 unspecified atom stereocenters. The maximum Gasteiger partial charge on any atom is 0.248 e. The number of benzene rings is 1. The van der Waals surface area contributed by atoms with Crippen molar-refractivity contribution in [2.45, 2.75) is 26.0 Å². The van der Waals surface area contributed by atoms with E-state index in [4.69, 9.17) is 5.26 Å². The highest BCUT2D eigenvalue weighted by molar-refractivity contribution is 7.93. The van der Waals surface area contributed by atoms with Gasteiger partial charge in [-0.3, -0.25) is 4.72 Å². The molecule has 6 heteroatoms. The van der Waals surface area contributed by atoms with E-state index in [9.17, 15) is 13.5 Å². The Morgan fingerprint density at radius 2 is 2.00 bits per heavy atom. The molecule has 0 saturated carbocycles. The lowest BCUT2D eigenvalue weighted by Crippen LogP contribution is -2.23. The minimum Gasteiger partial charge on any atom is -0.505 e. The summed E-state index contributed by atoms with van der Waals surface area (Å²) in [6.07, 6.45) is 0. The molecule has 92 valence electrons. The Morgan fingerprint density at radius 1 is 1.41 bits per heavy atom. The molecule has 0 saturated heterocycles. The zero-order valence-corrected chi connectivity index (χ0v) is 10.7. The van der Waals surface area contributed by atoms with Crippen LogP contribution in [0.1, 0.15) is 18.1 Å². The topological polar surface area (TPSA) is 90.2 Å². The molecule has 1 aromatic carbocycles. The van der Waals surface area contributed by atoms with Gasteiger partial charge in [0.2, 0.25) is 10.0 Å². The minimum absolute atomic E-state index is 0.101. The molecular formula is C11H14N2O3S. The lowest BCUT2D eigenvalue weighted by Gasteiger charge is -2.12. The fourth-order valence-electron chi connectivity index (χ4n) is 1.35. The highest BCUT2D eigenvalue weighted by Gasteiger charge is 2.21. The molecule has 0 fully saturated rings. The Morgan fingerprint density at radius 3 is 2.53 bits per heavy atom. The van der Waals surface area contributed by atoms with E-state index < -0.39 is 15.3 Å². The van der Waals surface area contributed by atoms with Gasteiger partial charge in [0.25, 0.3) is 0 Å². The van der Waals surface area contributed by atoms with Crippen LogP contribution in [0.15, 0.2) is 12.1 Å². The zero-order chi connectivity index (χ0) is 13.2. The van der Waals surface area contributed by atoms with Crippen LogP contribution in [-0.4, -0.2) is 18.8 Å². The zero-order valence-electron chi connectivity index (χ0n) is 9.85. The van der Waals surface area contributed by atoms with Crippen LogP contribution in [0.3, 0.4) is 0 Å². The van der Waals surface area contributed by atoms with E-state index in [2.05, 4.69) is 4.72 Å². The Hall–Kier alpha value is -1.74. The molecule has 5 nitrogen and oxygen atoms in total. The summed E-state index contributed by atoms with van der Waals surface area (Å²) in [4.78, 5) is 0. The molecule has 0 spiro atoms. The van der Waals surface area contributed by atoms with Crippen molar-refractivity contribution in [1.29, 1.82) is 5.26 Å². The average Bonchev–Trinajstić information content (AvgIpc) is 2.23. The molecule has 1 aromatic rings. The molecule has 0 aliphatic carbocycles. The van der Waals surface area contributed by atoms with Gasteiger partial charge in [0, 0.05) is 0 Å². The maximum atomic E-state index is 11.7. The van der Waals surface area contributed by atoms with Gasteiger partial charge in [-0.25, -0.2) is 8.42 Å². The van der Waals surface area contributed by atoms with Gasteiger partial charge < -0.3 is 5.11 Å². The first kappa shape index (κ1) is 13.3. The van der Waals surface area contributed by atoms with Crippen LogP contribution >= 0.6 is 0 Å². The van der Waals surface area contributed by atoms with E-state index in [1.54, 1.807) is 26.0 Å². The third kappa shape index (κ3) is 2.88. The first-order valence-corrected chi connectivity index (χ1v) is 6.54. The van der Waals surface area contributed by atoms with Crippen molar-refractivity contribution in [3.8, 4) is 11.8 Å². The van der Waals surface area contributed by atoms with Crippen molar-refractivity contribution in [3.05, 3.63) is 23.3 Å². The van der Waals surface area contributed by atoms with Crippen LogP contribution in [0, 0.1) is 25.2 Å². The van der Waals surface area contributed by atoms with Crippen molar-refractivity contribution in [2.75, 3.05) is 4.72 Å². The number of phenolic OH excluding ortho intramolecular Hbond substituents is 1. The predicted octanol–water partition coefficient (Wildman–Crippen LogP) is 1.66. The molecule has 2 N–H and O–H groups in total. The number of rotatable bonds is 3. The number of anilines is 1. The number of phenols is 1. The van der Waals surface area contributed by atoms with Crippen LogP contribution in [-0.2, 0) is 10.0 Å². The van der Waals surface area contributed by atoms with Gasteiger partial charge in [-0.15, -0.1) is 0 Å². The van der Waals surface area contributed by atoms with Gasteiger partial charge >= 0.3 is 0 Å². The fourth-order valence-corrected chi connectivity index (χ4v) is 2.13. The Balaban J connectivity index is 3.18. The molecule has 0 aliphatic heterocycles. The van der Waals surface area contributed by atoms with Crippen LogP contribution < -0.4 is 4.72 Å². The lowest BCUT2D eigenvalue weighted by atomic mass is 10.1. The smallest absolute Gasteiger partial charge is 0.248 e. The first-order chi connectivity index (χ1) is 7.77. The molecule has 1 atom stereocenters. The summed E-state index contributed by atoms with van der Waals surface area (Å²) in [7, 11) is -3.79. The third-order valence-corrected chi connectivity index (χ3v) is 3.89. The van der Waals surface area contributed by atoms with Crippen molar-refractivity contribution in [3.63, 3.8) is 0 Å². The maximum absolute atomic E-state index is 11.7. The standard InChI is InChI=1S/C11H14N2O3S/c1-7-4-8(2)11(14)10(5-7)13-17(15,16)9(3)6-12/h4-5,9,13-14H,1-3H3. The molecule has 0 bridgehead atoms. The Bertz CT molecular complexity index is 573. The normalized spacial score (nSPS) is 12.8. The van der Waals surface area contributed by atoms with E-state index in [1.807, 2.05) is 0 Å². The van der Waals surface area contributed by atoms with Gasteiger partial charge in [0.15, 0.2) is 5.25 Å². The number of hydrogen-bond donors (Lipinski definition) is 2. The van der Waals surface area contributed by atoms with Gasteiger partial charge in [-0.05, 0) is 38.0 Å². The summed E-state index contributed by atoms with van der Waals surface area (Å²) in [6.45, 7) is 4.74. The highest BCUT2D eigenvalue weighted by Crippen LogP contribution is 2.29. The summed E-state index contributed by atoms with van der Waals surface area (Å²) >= 11 is 0. The predicted molar refractivity (Wildman–Crippen MR) is 65.2 cm³/mol. The van der Waals surface area contributed by atoms with Crippen LogP contribution in [0.2, 0.25) is 0 Å². The second kappa shape index (κ2) is 4.63. The van der Waals surface area contributed by atoms with Crippen molar-refractivity contribution >= 4 is 15.7 Å². The van der Waals surface area contributed by atoms with Crippen LogP contribution in [0.4, 0.5) is 5.69 Å². The molecule has 0 aromatic heterocycles. The molecule has 17 heavy (non-hydrogen) atoms. The van der Waals surface area contributed by atoms with Gasteiger partial charge in [-0.2, -0.15) is 5.26 Å². The highest BCUT2D eigenvalue weighted by atomic mass is 32.2. The average molecular weight is 254 g/mol. The number of nitrogens with zero attached hydrogens (tertiary/aromatic N) is 1. The van der Waals surface area contributed by atoms with E-state index >= 15 is 0 Å². The van der Waals surface area contributed by atoms with Crippen molar-refractivity contribution in [2.24, 2.45) is 0 Å². The molecule has 1 rings (SSSR count). The second-order valence-corrected chi connectivity index (χ2v) is 5.90. The molecular weight excluding hydrogens is 240 g/mol. The van der Waals surface area contributed by atoms with E-state index in [0.29, 0.717) is 5.56 Å². The van der Waals surface area contributed by atoms with E-state index in [0.717, 1.165) is 5.56 Å². The number of sulfonamides is 1. The number of aromatic hydroxyl groups is 1. The lowest BCUT2D eigenvalue weighted by molar-refractivity contribution is 0.473. The monoisotopic (exact) mass is 254 g/mol. The van der Waals surface area contributed by atoms with Gasteiger partial charge in [0.1, 0.15) is 5.75 Å². The summed E-state index contributed by atoms with van der Waals surface area (Å²) in [5, 5.41) is 17.1. The summed E-state index contributed by atoms with van der Waals surface area (Å²) in [5.41, 5.74) is 1.50. The van der Waals surface area contributed by atoms with Gasteiger partial charge in [0.05, 0.1) is 11.8 Å². The molecule has 0 amide bonds. The van der Waals surface area contributed by atoms with Gasteiger partial charge in [-0.1, -0.05) is 6.07 Å². The SMILES string of the molecule is Cc1cc(C)c(O)c(NS(=O)(=O)C(C)C#N)c1. The molecule has 0 aliphatic rings. The summed E-state index contributed by atoms with van der Waals surface area (Å²) in [5.74, 6) is -0.121. The molecule has 0 radical (unpaired) electrons. The molecule has 0 heterocycles. The number of aryl methyl sites for hydroxylation is 2. The Kier molecular flexibility index (Phi) is 3.63. The van der Waals surface area contributed by atoms with Crippen molar-refractivity contribution in [1.82, 2.24) is 0 Å². The van der Waals surface area contributed by atoms with Crippen LogP contribution in [0.25, 0.3) is 0 Å². The first-order valence-electron chi connectivity index (χ1n) is 4.99. The summed E-state index contributed by atoms with van der Waals surface area (Å²) < 4.78 is 25.5. The van der Waals surface area contributed by atoms with E-state index in [-0.39, 0.29) is 11.4 Å². The minimum atomic E-state index is -3.79. The van der Waals surface area contributed by atoms with E-state index in [1.165, 1.54) is 13.0 Å². The third-order valence-electron chi connectivity index (χ3n) is 2.34. The van der Waals surface area contributed by atoms with Crippen molar-refractivity contribution < 1.29 is 13.5 Å². The van der Waals surface area contributed by atoms with Crippen LogP contribution in [0.5, 0.6) is 5.75 Å². The number of nitriles is 1. The quantitative estimate of drug-likeness (QED) is 0.803. The number of nitrogens with one attached hydrogen (secondary N) is 1. The largest absolute Gasteiger partial charge is 0.505 e. The Labute approximate surface area is 101 Å². The summed E-state index contributed by atoms with van der Waals surface area (Å²) in [6, 6.07) is 4.90. The number of hydrogen-bond acceptors (Lipinski definition) is 4.